The molecule has 3 rings (SSSR count). The summed E-state index contributed by atoms with van der Waals surface area (Å²) in [5, 5.41) is 8.81. The van der Waals surface area contributed by atoms with Gasteiger partial charge in [-0.05, 0) is 31.1 Å². The van der Waals surface area contributed by atoms with Crippen LogP contribution in [0.1, 0.15) is 25.3 Å². The van der Waals surface area contributed by atoms with Crippen LogP contribution in [-0.2, 0) is 14.3 Å². The molecule has 0 atom stereocenters. The Balaban J connectivity index is 1.70. The summed E-state index contributed by atoms with van der Waals surface area (Å²) >= 11 is 6.56. The normalized spacial score (nSPS) is 18.1. The molecule has 0 unspecified atom stereocenters. The third-order valence-electron chi connectivity index (χ3n) is 5.02. The Labute approximate surface area is 190 Å². The number of anilines is 1. The number of thioether (sulfide) groups is 1. The van der Waals surface area contributed by atoms with E-state index in [1.54, 1.807) is 11.8 Å². The number of hydrogen-bond acceptors (Lipinski definition) is 7. The number of carboxylic acids is 1. The molecule has 31 heavy (non-hydrogen) atoms. The summed E-state index contributed by atoms with van der Waals surface area (Å²) < 4.78 is 5.52. The second-order valence-corrected chi connectivity index (χ2v) is 8.74. The lowest BCUT2D eigenvalue weighted by Gasteiger charge is -2.36. The van der Waals surface area contributed by atoms with Crippen molar-refractivity contribution in [2.45, 2.75) is 19.8 Å². The topological polar surface area (TPSA) is 90.4 Å². The highest BCUT2D eigenvalue weighted by molar-refractivity contribution is 8.26. The van der Waals surface area contributed by atoms with Crippen LogP contribution in [0.5, 0.6) is 0 Å². The average molecular weight is 464 g/mol. The van der Waals surface area contributed by atoms with Gasteiger partial charge in [0.25, 0.3) is 5.91 Å². The van der Waals surface area contributed by atoms with Crippen molar-refractivity contribution in [2.75, 3.05) is 44.2 Å². The Morgan fingerprint density at radius 1 is 1.23 bits per heavy atom. The molecule has 0 aliphatic carbocycles. The monoisotopic (exact) mass is 463 g/mol. The van der Waals surface area contributed by atoms with E-state index in [1.165, 1.54) is 16.7 Å². The molecule has 2 amide bonds. The van der Waals surface area contributed by atoms with Crippen molar-refractivity contribution < 1.29 is 24.2 Å². The van der Waals surface area contributed by atoms with Crippen LogP contribution in [0.15, 0.2) is 29.2 Å². The molecule has 0 radical (unpaired) electrons. The first-order chi connectivity index (χ1) is 14.9. The first-order valence-corrected chi connectivity index (χ1v) is 11.4. The zero-order valence-electron chi connectivity index (χ0n) is 17.3. The molecule has 166 valence electrons. The van der Waals surface area contributed by atoms with Gasteiger partial charge in [-0.25, -0.2) is 4.79 Å². The third-order valence-corrected chi connectivity index (χ3v) is 6.39. The van der Waals surface area contributed by atoms with Crippen molar-refractivity contribution in [1.82, 2.24) is 9.80 Å². The fourth-order valence-corrected chi connectivity index (χ4v) is 4.76. The van der Waals surface area contributed by atoms with Crippen LogP contribution in [0.2, 0.25) is 0 Å². The van der Waals surface area contributed by atoms with Crippen molar-refractivity contribution in [3.05, 3.63) is 34.7 Å². The van der Waals surface area contributed by atoms with Crippen molar-refractivity contribution in [1.29, 1.82) is 0 Å². The van der Waals surface area contributed by atoms with Crippen LogP contribution >= 0.6 is 24.0 Å². The fraction of sp³-hybridized carbons (Fsp3) is 0.429. The van der Waals surface area contributed by atoms with Gasteiger partial charge in [0.1, 0.15) is 4.32 Å². The van der Waals surface area contributed by atoms with Gasteiger partial charge in [-0.3, -0.25) is 14.5 Å². The Bertz CT molecular complexity index is 897. The van der Waals surface area contributed by atoms with Gasteiger partial charge >= 0.3 is 12.1 Å². The first kappa shape index (κ1) is 23.1. The Kier molecular flexibility index (Phi) is 7.91. The molecule has 2 fully saturated rings. The maximum atomic E-state index is 12.8. The number of aliphatic carboxylic acids is 1. The number of ether oxygens (including phenoxy) is 1. The predicted molar refractivity (Wildman–Crippen MR) is 124 cm³/mol. The van der Waals surface area contributed by atoms with Crippen molar-refractivity contribution >= 4 is 58.0 Å². The van der Waals surface area contributed by atoms with Crippen molar-refractivity contribution in [3.63, 3.8) is 0 Å². The van der Waals surface area contributed by atoms with Crippen LogP contribution in [0.25, 0.3) is 6.08 Å². The number of carbonyl (C=O) groups is 3. The van der Waals surface area contributed by atoms with Gasteiger partial charge in [0.15, 0.2) is 0 Å². The maximum Gasteiger partial charge on any atom is 0.409 e. The van der Waals surface area contributed by atoms with E-state index < -0.39 is 5.97 Å². The van der Waals surface area contributed by atoms with E-state index in [9.17, 15) is 14.4 Å². The maximum absolute atomic E-state index is 12.8. The van der Waals surface area contributed by atoms with E-state index in [-0.39, 0.29) is 18.4 Å². The van der Waals surface area contributed by atoms with E-state index in [1.807, 2.05) is 30.3 Å². The zero-order valence-corrected chi connectivity index (χ0v) is 18.9. The van der Waals surface area contributed by atoms with E-state index in [0.29, 0.717) is 55.0 Å². The molecule has 1 N–H and O–H groups in total. The quantitative estimate of drug-likeness (QED) is 0.488. The second-order valence-electron chi connectivity index (χ2n) is 7.06. The molecule has 2 saturated heterocycles. The Morgan fingerprint density at radius 3 is 2.61 bits per heavy atom. The number of carboxylic acid groups (broad SMARTS) is 1. The van der Waals surface area contributed by atoms with Crippen LogP contribution in [-0.4, -0.2) is 76.5 Å². The van der Waals surface area contributed by atoms with Gasteiger partial charge in [0, 0.05) is 44.8 Å². The highest BCUT2D eigenvalue weighted by Crippen LogP contribution is 2.34. The van der Waals surface area contributed by atoms with Gasteiger partial charge in [-0.2, -0.15) is 0 Å². The molecule has 10 heteroatoms. The number of para-hydroxylation sites is 1. The molecule has 8 nitrogen and oxygen atoms in total. The lowest BCUT2D eigenvalue weighted by atomic mass is 10.1. The largest absolute Gasteiger partial charge is 0.481 e. The molecule has 2 aliphatic rings. The second kappa shape index (κ2) is 10.6. The predicted octanol–water partition coefficient (Wildman–Crippen LogP) is 3.03. The van der Waals surface area contributed by atoms with Gasteiger partial charge in [0.2, 0.25) is 0 Å². The summed E-state index contributed by atoms with van der Waals surface area (Å²) in [6.45, 7) is 4.92. The molecule has 0 aromatic heterocycles. The molecule has 1 aromatic rings. The number of hydrogen-bond donors (Lipinski definition) is 1. The molecule has 1 aromatic carbocycles. The van der Waals surface area contributed by atoms with Crippen LogP contribution in [0.3, 0.4) is 0 Å². The minimum absolute atomic E-state index is 0.00326. The standard InChI is InChI=1S/C21H25N3O5S2/c1-2-29-20(28)23-12-10-22(11-13-23)16-7-4-3-6-15(16)14-17-19(27)24(21(30)31-17)9-5-8-18(25)26/h3-4,6-7,14H,2,5,8-13H2,1H3,(H,25,26). The summed E-state index contributed by atoms with van der Waals surface area (Å²) in [4.78, 5) is 41.3. The average Bonchev–Trinajstić information content (AvgIpc) is 3.01. The molecular weight excluding hydrogens is 438 g/mol. The number of nitrogens with zero attached hydrogens (tertiary/aromatic N) is 3. The summed E-state index contributed by atoms with van der Waals surface area (Å²) in [6, 6.07) is 7.81. The van der Waals surface area contributed by atoms with E-state index in [2.05, 4.69) is 4.90 Å². The lowest BCUT2D eigenvalue weighted by molar-refractivity contribution is -0.137. The summed E-state index contributed by atoms with van der Waals surface area (Å²) in [6.07, 6.45) is 1.90. The third kappa shape index (κ3) is 5.76. The van der Waals surface area contributed by atoms with Gasteiger partial charge in [-0.15, -0.1) is 0 Å². The number of rotatable bonds is 7. The highest BCUT2D eigenvalue weighted by atomic mass is 32.2. The molecular formula is C21H25N3O5S2. The molecule has 0 saturated carbocycles. The SMILES string of the molecule is CCOC(=O)N1CCN(c2ccccc2C=C2SC(=S)N(CCCC(=O)O)C2=O)CC1. The van der Waals surface area contributed by atoms with Gasteiger partial charge in [0.05, 0.1) is 11.5 Å². The minimum Gasteiger partial charge on any atom is -0.481 e. The van der Waals surface area contributed by atoms with Gasteiger partial charge < -0.3 is 19.6 Å². The van der Waals surface area contributed by atoms with Crippen molar-refractivity contribution in [2.24, 2.45) is 0 Å². The number of amides is 2. The number of thiocarbonyl (C=S) groups is 1. The van der Waals surface area contributed by atoms with Crippen molar-refractivity contribution in [3.8, 4) is 0 Å². The number of piperazine rings is 1. The molecule has 0 spiro atoms. The summed E-state index contributed by atoms with van der Waals surface area (Å²) in [7, 11) is 0. The highest BCUT2D eigenvalue weighted by Gasteiger charge is 2.32. The van der Waals surface area contributed by atoms with E-state index in [0.717, 1.165) is 11.3 Å². The number of carbonyl (C=O) groups excluding carboxylic acids is 2. The summed E-state index contributed by atoms with van der Waals surface area (Å²) in [5.74, 6) is -1.08. The Hall–Kier alpha value is -2.59. The Morgan fingerprint density at radius 2 is 1.94 bits per heavy atom. The van der Waals surface area contributed by atoms with Crippen LogP contribution in [0, 0.1) is 0 Å². The van der Waals surface area contributed by atoms with E-state index in [4.69, 9.17) is 22.1 Å². The van der Waals surface area contributed by atoms with Crippen LogP contribution in [0.4, 0.5) is 10.5 Å². The lowest BCUT2D eigenvalue weighted by Crippen LogP contribution is -2.49. The molecule has 0 bridgehead atoms. The van der Waals surface area contributed by atoms with Gasteiger partial charge in [-0.1, -0.05) is 42.2 Å². The minimum atomic E-state index is -0.891. The first-order valence-electron chi connectivity index (χ1n) is 10.1. The molecule has 2 aliphatic heterocycles. The van der Waals surface area contributed by atoms with Crippen LogP contribution < -0.4 is 4.90 Å². The fourth-order valence-electron chi connectivity index (χ4n) is 3.46. The molecule has 2 heterocycles. The number of benzene rings is 1. The zero-order chi connectivity index (χ0) is 22.4. The van der Waals surface area contributed by atoms with E-state index >= 15 is 0 Å². The summed E-state index contributed by atoms with van der Waals surface area (Å²) in [5.41, 5.74) is 1.89. The smallest absolute Gasteiger partial charge is 0.409 e.